The third-order valence-electron chi connectivity index (χ3n) is 2.26. The molecule has 0 unspecified atom stereocenters. The van der Waals surface area contributed by atoms with Crippen molar-refractivity contribution in [2.45, 2.75) is 13.8 Å². The van der Waals surface area contributed by atoms with E-state index in [-0.39, 0.29) is 21.8 Å². The van der Waals surface area contributed by atoms with Crippen LogP contribution in [0, 0.1) is 24.0 Å². The summed E-state index contributed by atoms with van der Waals surface area (Å²) >= 11 is 5.93. The van der Waals surface area contributed by atoms with E-state index in [1.807, 2.05) is 0 Å². The molecule has 0 aliphatic carbocycles. The van der Waals surface area contributed by atoms with Crippen molar-refractivity contribution in [2.24, 2.45) is 0 Å². The van der Waals surface area contributed by atoms with E-state index in [9.17, 15) is 14.9 Å². The molecule has 0 N–H and O–H groups in total. The van der Waals surface area contributed by atoms with Crippen LogP contribution in [0.1, 0.15) is 21.5 Å². The van der Waals surface area contributed by atoms with Gasteiger partial charge in [-0.25, -0.2) is 4.79 Å². The van der Waals surface area contributed by atoms with E-state index in [2.05, 4.69) is 4.74 Å². The first-order valence-corrected chi connectivity index (χ1v) is 4.80. The van der Waals surface area contributed by atoms with Crippen molar-refractivity contribution in [2.75, 3.05) is 7.11 Å². The van der Waals surface area contributed by atoms with E-state index in [1.165, 1.54) is 20.1 Å². The van der Waals surface area contributed by atoms with Gasteiger partial charge in [0.1, 0.15) is 0 Å². The molecule has 1 rings (SSSR count). The van der Waals surface area contributed by atoms with Crippen LogP contribution in [0.15, 0.2) is 6.07 Å². The molecule has 5 nitrogen and oxygen atoms in total. The van der Waals surface area contributed by atoms with Crippen LogP contribution in [0.3, 0.4) is 0 Å². The number of methoxy groups -OCH3 is 1. The SMILES string of the molecule is COC(=O)c1c(C)c([N+](=O)[O-])cc(C)c1Cl. The number of hydrogen-bond acceptors (Lipinski definition) is 4. The molecular formula is C10H10ClNO4. The molecule has 86 valence electrons. The van der Waals surface area contributed by atoms with E-state index in [4.69, 9.17) is 11.6 Å². The van der Waals surface area contributed by atoms with Crippen LogP contribution in [0.4, 0.5) is 5.69 Å². The quantitative estimate of drug-likeness (QED) is 0.455. The Morgan fingerprint density at radius 2 is 2.06 bits per heavy atom. The minimum absolute atomic E-state index is 0.0517. The lowest BCUT2D eigenvalue weighted by Crippen LogP contribution is -2.08. The van der Waals surface area contributed by atoms with Gasteiger partial charge >= 0.3 is 5.97 Å². The maximum Gasteiger partial charge on any atom is 0.339 e. The molecule has 0 fully saturated rings. The van der Waals surface area contributed by atoms with Crippen molar-refractivity contribution in [1.82, 2.24) is 0 Å². The summed E-state index contributed by atoms with van der Waals surface area (Å²) in [6, 6.07) is 1.34. The molecule has 0 radical (unpaired) electrons. The molecule has 1 aromatic carbocycles. The Hall–Kier alpha value is -1.62. The molecule has 0 heterocycles. The number of benzene rings is 1. The van der Waals surface area contributed by atoms with Gasteiger partial charge in [-0.1, -0.05) is 11.6 Å². The third kappa shape index (κ3) is 1.99. The van der Waals surface area contributed by atoms with Crippen molar-refractivity contribution >= 4 is 23.3 Å². The molecule has 0 spiro atoms. The second kappa shape index (κ2) is 4.49. The number of hydrogen-bond donors (Lipinski definition) is 0. The first-order valence-electron chi connectivity index (χ1n) is 4.42. The average molecular weight is 244 g/mol. The lowest BCUT2D eigenvalue weighted by molar-refractivity contribution is -0.385. The van der Waals surface area contributed by atoms with Crippen molar-refractivity contribution < 1.29 is 14.5 Å². The van der Waals surface area contributed by atoms with E-state index < -0.39 is 10.9 Å². The molecule has 0 saturated carbocycles. The zero-order valence-corrected chi connectivity index (χ0v) is 9.79. The summed E-state index contributed by atoms with van der Waals surface area (Å²) in [4.78, 5) is 21.7. The first-order chi connectivity index (χ1) is 7.40. The molecule has 0 saturated heterocycles. The number of esters is 1. The number of ether oxygens (including phenoxy) is 1. The van der Waals surface area contributed by atoms with Gasteiger partial charge in [0.25, 0.3) is 5.69 Å². The predicted molar refractivity (Wildman–Crippen MR) is 58.9 cm³/mol. The van der Waals surface area contributed by atoms with Crippen LogP contribution in [0.5, 0.6) is 0 Å². The van der Waals surface area contributed by atoms with Crippen molar-refractivity contribution in [1.29, 1.82) is 0 Å². The monoisotopic (exact) mass is 243 g/mol. The topological polar surface area (TPSA) is 69.4 Å². The fourth-order valence-corrected chi connectivity index (χ4v) is 1.67. The highest BCUT2D eigenvalue weighted by Gasteiger charge is 2.24. The lowest BCUT2D eigenvalue weighted by atomic mass is 10.0. The molecule has 0 atom stereocenters. The van der Waals surface area contributed by atoms with Gasteiger partial charge in [0.2, 0.25) is 0 Å². The number of rotatable bonds is 2. The summed E-state index contributed by atoms with van der Waals surface area (Å²) in [7, 11) is 1.20. The summed E-state index contributed by atoms with van der Waals surface area (Å²) in [5, 5.41) is 10.9. The second-order valence-corrected chi connectivity index (χ2v) is 3.65. The molecule has 1 aromatic rings. The summed E-state index contributed by atoms with van der Waals surface area (Å²) < 4.78 is 4.54. The Kier molecular flexibility index (Phi) is 3.49. The summed E-state index contributed by atoms with van der Waals surface area (Å²) in [5.74, 6) is -0.672. The van der Waals surface area contributed by atoms with Gasteiger partial charge in [-0.2, -0.15) is 0 Å². The lowest BCUT2D eigenvalue weighted by Gasteiger charge is -2.09. The Labute approximate surface area is 97.1 Å². The number of nitro groups is 1. The van der Waals surface area contributed by atoms with E-state index in [1.54, 1.807) is 6.92 Å². The smallest absolute Gasteiger partial charge is 0.339 e. The molecule has 0 amide bonds. The highest BCUT2D eigenvalue weighted by molar-refractivity contribution is 6.34. The Morgan fingerprint density at radius 1 is 1.50 bits per heavy atom. The Balaban J connectivity index is 3.58. The van der Waals surface area contributed by atoms with Crippen LogP contribution in [0.25, 0.3) is 0 Å². The molecular weight excluding hydrogens is 234 g/mol. The second-order valence-electron chi connectivity index (χ2n) is 3.28. The van der Waals surface area contributed by atoms with E-state index >= 15 is 0 Å². The van der Waals surface area contributed by atoms with Crippen LogP contribution in [-0.2, 0) is 4.74 Å². The summed E-state index contributed by atoms with van der Waals surface area (Å²) in [5.41, 5.74) is 0.602. The van der Waals surface area contributed by atoms with E-state index in [0.717, 1.165) is 0 Å². The summed E-state index contributed by atoms with van der Waals surface area (Å²) in [6.45, 7) is 3.07. The number of carbonyl (C=O) groups is 1. The van der Waals surface area contributed by atoms with Gasteiger partial charge < -0.3 is 4.74 Å². The first kappa shape index (κ1) is 12.4. The highest BCUT2D eigenvalue weighted by atomic mass is 35.5. The zero-order valence-electron chi connectivity index (χ0n) is 9.04. The number of carbonyl (C=O) groups excluding carboxylic acids is 1. The normalized spacial score (nSPS) is 10.0. The predicted octanol–water partition coefficient (Wildman–Crippen LogP) is 2.65. The minimum Gasteiger partial charge on any atom is -0.465 e. The maximum atomic E-state index is 11.5. The molecule has 0 aliphatic rings. The zero-order chi connectivity index (χ0) is 12.5. The molecule has 6 heteroatoms. The van der Waals surface area contributed by atoms with Gasteiger partial charge in [0.15, 0.2) is 0 Å². The highest BCUT2D eigenvalue weighted by Crippen LogP contribution is 2.31. The van der Waals surface area contributed by atoms with Crippen molar-refractivity contribution in [3.63, 3.8) is 0 Å². The van der Waals surface area contributed by atoms with Gasteiger partial charge in [-0.05, 0) is 19.4 Å². The van der Waals surface area contributed by atoms with Crippen LogP contribution >= 0.6 is 11.6 Å². The van der Waals surface area contributed by atoms with Gasteiger partial charge in [0, 0.05) is 11.6 Å². The van der Waals surface area contributed by atoms with Crippen LogP contribution in [-0.4, -0.2) is 18.0 Å². The fourth-order valence-electron chi connectivity index (χ4n) is 1.40. The van der Waals surface area contributed by atoms with Gasteiger partial charge in [-0.3, -0.25) is 10.1 Å². The Morgan fingerprint density at radius 3 is 2.50 bits per heavy atom. The minimum atomic E-state index is -0.672. The van der Waals surface area contributed by atoms with Crippen LogP contribution < -0.4 is 0 Å². The largest absolute Gasteiger partial charge is 0.465 e. The van der Waals surface area contributed by atoms with E-state index in [0.29, 0.717) is 5.56 Å². The number of nitrogens with zero attached hydrogens (tertiary/aromatic N) is 1. The molecule has 0 bridgehead atoms. The van der Waals surface area contributed by atoms with Gasteiger partial charge in [-0.15, -0.1) is 0 Å². The third-order valence-corrected chi connectivity index (χ3v) is 2.75. The standard InChI is InChI=1S/C10H10ClNO4/c1-5-4-7(12(14)15)6(2)8(9(5)11)10(13)16-3/h4H,1-3H3. The molecule has 16 heavy (non-hydrogen) atoms. The number of halogens is 1. The molecule has 0 aromatic heterocycles. The number of aryl methyl sites for hydroxylation is 1. The fraction of sp³-hybridized carbons (Fsp3) is 0.300. The molecule has 0 aliphatic heterocycles. The van der Waals surface area contributed by atoms with Crippen molar-refractivity contribution in [3.05, 3.63) is 37.9 Å². The Bertz CT molecular complexity index is 470. The van der Waals surface area contributed by atoms with Gasteiger partial charge in [0.05, 0.1) is 22.6 Å². The maximum absolute atomic E-state index is 11.5. The number of nitro benzene ring substituents is 1. The average Bonchev–Trinajstić information content (AvgIpc) is 2.22. The summed E-state index contributed by atoms with van der Waals surface area (Å²) in [6.07, 6.45) is 0. The van der Waals surface area contributed by atoms with Crippen molar-refractivity contribution in [3.8, 4) is 0 Å². The van der Waals surface area contributed by atoms with Crippen LogP contribution in [0.2, 0.25) is 5.02 Å².